The fourth-order valence-corrected chi connectivity index (χ4v) is 1.75. The third-order valence-electron chi connectivity index (χ3n) is 2.42. The smallest absolute Gasteiger partial charge is 0.138 e. The first-order valence-corrected chi connectivity index (χ1v) is 6.25. The van der Waals surface area contributed by atoms with Crippen LogP contribution >= 0.6 is 11.6 Å². The molecule has 0 aromatic carbocycles. The van der Waals surface area contributed by atoms with E-state index in [0.29, 0.717) is 12.5 Å². The number of hydrogen-bond donors (Lipinski definition) is 1. The second-order valence-electron chi connectivity index (χ2n) is 3.65. The lowest BCUT2D eigenvalue weighted by Gasteiger charge is -2.08. The quantitative estimate of drug-likeness (QED) is 0.608. The number of nitrogens with one attached hydrogen (secondary N) is 1. The molecule has 0 atom stereocenters. The molecule has 17 heavy (non-hydrogen) atoms. The van der Waals surface area contributed by atoms with E-state index in [1.54, 1.807) is 6.20 Å². The van der Waals surface area contributed by atoms with Gasteiger partial charge in [-0.3, -0.25) is 4.40 Å². The molecule has 2 heterocycles. The lowest BCUT2D eigenvalue weighted by Crippen LogP contribution is -2.08. The zero-order valence-electron chi connectivity index (χ0n) is 9.60. The maximum Gasteiger partial charge on any atom is 0.138 e. The number of fused-ring (bicyclic) bond motifs is 1. The Balaban J connectivity index is 1.80. The molecule has 0 bridgehead atoms. The predicted molar refractivity (Wildman–Crippen MR) is 69.8 cm³/mol. The fraction of sp³-hybridized carbons (Fsp3) is 0.417. The summed E-state index contributed by atoms with van der Waals surface area (Å²) in [6, 6.07) is 6.01. The van der Waals surface area contributed by atoms with Crippen molar-refractivity contribution in [3.8, 4) is 0 Å². The molecule has 0 aliphatic rings. The summed E-state index contributed by atoms with van der Waals surface area (Å²) >= 11 is 5.51. The lowest BCUT2D eigenvalue weighted by atomic mass is 10.4. The molecule has 0 saturated heterocycles. The number of hydrogen-bond acceptors (Lipinski definition) is 3. The molecular formula is C12H16ClN3O. The molecule has 1 N–H and O–H groups in total. The number of alkyl halides is 1. The Bertz CT molecular complexity index is 458. The first-order chi connectivity index (χ1) is 8.42. The summed E-state index contributed by atoms with van der Waals surface area (Å²) in [5.74, 6) is 1.61. The van der Waals surface area contributed by atoms with Gasteiger partial charge in [-0.15, -0.1) is 11.6 Å². The molecule has 0 spiro atoms. The van der Waals surface area contributed by atoms with E-state index < -0.39 is 0 Å². The van der Waals surface area contributed by atoms with Crippen molar-refractivity contribution in [1.29, 1.82) is 0 Å². The summed E-state index contributed by atoms with van der Waals surface area (Å²) in [7, 11) is 0. The molecule has 0 fully saturated rings. The second-order valence-corrected chi connectivity index (χ2v) is 4.03. The second kappa shape index (κ2) is 6.47. The molecule has 0 aliphatic heterocycles. The number of ether oxygens (including phenoxy) is 1. The van der Waals surface area contributed by atoms with E-state index in [1.807, 2.05) is 28.8 Å². The van der Waals surface area contributed by atoms with Gasteiger partial charge in [-0.25, -0.2) is 4.98 Å². The van der Waals surface area contributed by atoms with Crippen molar-refractivity contribution >= 4 is 23.1 Å². The lowest BCUT2D eigenvalue weighted by molar-refractivity contribution is 0.149. The molecule has 5 heteroatoms. The van der Waals surface area contributed by atoms with Crippen molar-refractivity contribution in [3.63, 3.8) is 0 Å². The number of aromatic nitrogens is 2. The number of nitrogens with zero attached hydrogens (tertiary/aromatic N) is 2. The molecule has 0 radical (unpaired) electrons. The number of rotatable bonds is 7. The third kappa shape index (κ3) is 3.35. The average molecular weight is 254 g/mol. The summed E-state index contributed by atoms with van der Waals surface area (Å²) in [6.07, 6.45) is 4.70. The Morgan fingerprint density at radius 2 is 2.29 bits per heavy atom. The standard InChI is InChI=1S/C12H16ClN3O/c13-5-10-17-9-2-6-14-11-3-1-4-12-15-7-8-16(11)12/h1,3-4,7-8,14H,2,5-6,9-10H2. The van der Waals surface area contributed by atoms with Crippen LogP contribution in [0.25, 0.3) is 5.65 Å². The van der Waals surface area contributed by atoms with Crippen molar-refractivity contribution in [3.05, 3.63) is 30.6 Å². The average Bonchev–Trinajstić information content (AvgIpc) is 2.82. The molecule has 4 nitrogen and oxygen atoms in total. The highest BCUT2D eigenvalue weighted by atomic mass is 35.5. The molecule has 0 aliphatic carbocycles. The maximum absolute atomic E-state index is 5.51. The normalized spacial score (nSPS) is 10.9. The Morgan fingerprint density at radius 3 is 3.18 bits per heavy atom. The Labute approximate surface area is 106 Å². The maximum atomic E-state index is 5.51. The van der Waals surface area contributed by atoms with Crippen LogP contribution < -0.4 is 5.32 Å². The van der Waals surface area contributed by atoms with Crippen molar-refractivity contribution < 1.29 is 4.74 Å². The minimum Gasteiger partial charge on any atom is -0.380 e. The van der Waals surface area contributed by atoms with Crippen LogP contribution in [0.3, 0.4) is 0 Å². The van der Waals surface area contributed by atoms with E-state index in [9.17, 15) is 0 Å². The van der Waals surface area contributed by atoms with E-state index in [-0.39, 0.29) is 0 Å². The predicted octanol–water partition coefficient (Wildman–Crippen LogP) is 2.39. The molecule has 0 amide bonds. The topological polar surface area (TPSA) is 38.6 Å². The zero-order chi connectivity index (χ0) is 11.9. The minimum absolute atomic E-state index is 0.557. The van der Waals surface area contributed by atoms with Gasteiger partial charge in [0, 0.05) is 31.4 Å². The van der Waals surface area contributed by atoms with Crippen molar-refractivity contribution in [2.45, 2.75) is 6.42 Å². The van der Waals surface area contributed by atoms with Crippen molar-refractivity contribution in [2.75, 3.05) is 31.0 Å². The first kappa shape index (κ1) is 12.2. The SMILES string of the molecule is ClCCOCCCNc1cccc2nccn12. The summed E-state index contributed by atoms with van der Waals surface area (Å²) in [4.78, 5) is 4.23. The van der Waals surface area contributed by atoms with Gasteiger partial charge in [0.1, 0.15) is 11.5 Å². The Hall–Kier alpha value is -1.26. The summed E-state index contributed by atoms with van der Waals surface area (Å²) in [5.41, 5.74) is 0.952. The summed E-state index contributed by atoms with van der Waals surface area (Å²) in [6.45, 7) is 2.23. The van der Waals surface area contributed by atoms with Gasteiger partial charge in [-0.05, 0) is 18.6 Å². The molecular weight excluding hydrogens is 238 g/mol. The first-order valence-electron chi connectivity index (χ1n) is 5.71. The Kier molecular flexibility index (Phi) is 4.64. The molecule has 92 valence electrons. The van der Waals surface area contributed by atoms with Crippen LogP contribution in [0.4, 0.5) is 5.82 Å². The van der Waals surface area contributed by atoms with Crippen LogP contribution in [-0.4, -0.2) is 35.0 Å². The third-order valence-corrected chi connectivity index (χ3v) is 2.58. The van der Waals surface area contributed by atoms with Crippen LogP contribution in [0.5, 0.6) is 0 Å². The highest BCUT2D eigenvalue weighted by molar-refractivity contribution is 6.17. The van der Waals surface area contributed by atoms with Crippen LogP contribution in [0.15, 0.2) is 30.6 Å². The van der Waals surface area contributed by atoms with Crippen LogP contribution in [0.1, 0.15) is 6.42 Å². The molecule has 2 rings (SSSR count). The van der Waals surface area contributed by atoms with E-state index >= 15 is 0 Å². The van der Waals surface area contributed by atoms with Gasteiger partial charge in [0.05, 0.1) is 6.61 Å². The summed E-state index contributed by atoms with van der Waals surface area (Å²) in [5, 5.41) is 3.36. The zero-order valence-corrected chi connectivity index (χ0v) is 10.4. The molecule has 0 saturated carbocycles. The van der Waals surface area contributed by atoms with E-state index in [4.69, 9.17) is 16.3 Å². The van der Waals surface area contributed by atoms with Gasteiger partial charge in [0.25, 0.3) is 0 Å². The van der Waals surface area contributed by atoms with E-state index in [0.717, 1.165) is 31.0 Å². The van der Waals surface area contributed by atoms with E-state index in [1.165, 1.54) is 0 Å². The van der Waals surface area contributed by atoms with Gasteiger partial charge in [-0.2, -0.15) is 0 Å². The minimum atomic E-state index is 0.557. The highest BCUT2D eigenvalue weighted by Crippen LogP contribution is 2.10. The monoisotopic (exact) mass is 253 g/mol. The highest BCUT2D eigenvalue weighted by Gasteiger charge is 1.98. The largest absolute Gasteiger partial charge is 0.380 e. The molecule has 2 aromatic rings. The fourth-order valence-electron chi connectivity index (χ4n) is 1.64. The van der Waals surface area contributed by atoms with Crippen LogP contribution in [0, 0.1) is 0 Å². The van der Waals surface area contributed by atoms with E-state index in [2.05, 4.69) is 10.3 Å². The van der Waals surface area contributed by atoms with Gasteiger partial charge < -0.3 is 10.1 Å². The van der Waals surface area contributed by atoms with Gasteiger partial charge in [0.2, 0.25) is 0 Å². The molecule has 2 aromatic heterocycles. The summed E-state index contributed by atoms with van der Waals surface area (Å²) < 4.78 is 7.33. The Morgan fingerprint density at radius 1 is 1.35 bits per heavy atom. The van der Waals surface area contributed by atoms with Gasteiger partial charge in [-0.1, -0.05) is 6.07 Å². The van der Waals surface area contributed by atoms with Crippen molar-refractivity contribution in [1.82, 2.24) is 9.38 Å². The number of imidazole rings is 1. The number of anilines is 1. The van der Waals surface area contributed by atoms with Crippen LogP contribution in [0.2, 0.25) is 0 Å². The van der Waals surface area contributed by atoms with Gasteiger partial charge >= 0.3 is 0 Å². The van der Waals surface area contributed by atoms with Gasteiger partial charge in [0.15, 0.2) is 0 Å². The molecule has 0 unspecified atom stereocenters. The van der Waals surface area contributed by atoms with Crippen molar-refractivity contribution in [2.24, 2.45) is 0 Å². The van der Waals surface area contributed by atoms with Crippen LogP contribution in [-0.2, 0) is 4.74 Å². The number of halogens is 1. The number of pyridine rings is 1.